The van der Waals surface area contributed by atoms with Crippen LogP contribution in [-0.4, -0.2) is 87.4 Å². The maximum absolute atomic E-state index is 12.7. The van der Waals surface area contributed by atoms with E-state index in [9.17, 15) is 38.6 Å². The van der Waals surface area contributed by atoms with E-state index < -0.39 is 72.3 Å². The molecular formula is C44H72O15P2. The molecule has 0 saturated carbocycles. The lowest BCUT2D eigenvalue weighted by Crippen LogP contribution is -2.30. The summed E-state index contributed by atoms with van der Waals surface area (Å²) < 4.78 is 47.7. The second kappa shape index (κ2) is 34.6. The van der Waals surface area contributed by atoms with Gasteiger partial charge in [0.25, 0.3) is 0 Å². The SMILES string of the molecule is CC/C=C\C/C=C\C/C=C\CCCCCCCC(=O)O[C@H](COC(=O)CCC/C=C\C[C@H]1C=CC(=O)[C@@H]1/C=C/[C@@H](O)CCCCC)COP(=O)(O)OC[C@@H](O)COP(=O)(O)O. The van der Waals surface area contributed by atoms with E-state index in [4.69, 9.17) is 23.8 Å². The van der Waals surface area contributed by atoms with Gasteiger partial charge in [-0.25, -0.2) is 9.13 Å². The lowest BCUT2D eigenvalue weighted by molar-refractivity contribution is -0.161. The molecular weight excluding hydrogens is 830 g/mol. The Balaban J connectivity index is 2.55. The molecule has 0 bridgehead atoms. The van der Waals surface area contributed by atoms with Gasteiger partial charge in [-0.3, -0.25) is 28.0 Å². The summed E-state index contributed by atoms with van der Waals surface area (Å²) in [6.07, 6.45) is 33.9. The number of hydrogen-bond donors (Lipinski definition) is 5. The van der Waals surface area contributed by atoms with Crippen LogP contribution in [-0.2, 0) is 46.6 Å². The molecule has 348 valence electrons. The number of esters is 2. The molecule has 0 aromatic carbocycles. The molecule has 6 atom stereocenters. The number of ether oxygens (including phenoxy) is 2. The van der Waals surface area contributed by atoms with Gasteiger partial charge in [0.05, 0.1) is 25.9 Å². The number of hydrogen-bond acceptors (Lipinski definition) is 12. The molecule has 15 nitrogen and oxygen atoms in total. The highest BCUT2D eigenvalue weighted by Crippen LogP contribution is 2.44. The molecule has 1 rings (SSSR count). The second-order valence-corrected chi connectivity index (χ2v) is 17.6. The van der Waals surface area contributed by atoms with Crippen molar-refractivity contribution >= 4 is 33.4 Å². The number of carbonyl (C=O) groups is 3. The minimum Gasteiger partial charge on any atom is -0.462 e. The molecule has 0 radical (unpaired) electrons. The monoisotopic (exact) mass is 902 g/mol. The zero-order valence-electron chi connectivity index (χ0n) is 36.1. The van der Waals surface area contributed by atoms with Crippen LogP contribution in [0.3, 0.4) is 0 Å². The highest BCUT2D eigenvalue weighted by atomic mass is 31.2. The number of aliphatic hydroxyl groups is 2. The number of phosphoric acid groups is 2. The van der Waals surface area contributed by atoms with Crippen LogP contribution in [0.15, 0.2) is 72.9 Å². The van der Waals surface area contributed by atoms with E-state index in [1.807, 2.05) is 18.2 Å². The summed E-state index contributed by atoms with van der Waals surface area (Å²) in [5, 5.41) is 20.0. The fraction of sp³-hybridized carbons (Fsp3) is 0.659. The van der Waals surface area contributed by atoms with Crippen LogP contribution in [0.2, 0.25) is 0 Å². The maximum atomic E-state index is 12.7. The van der Waals surface area contributed by atoms with Gasteiger partial charge in [-0.15, -0.1) is 0 Å². The van der Waals surface area contributed by atoms with Crippen molar-refractivity contribution in [3.05, 3.63) is 72.9 Å². The first-order valence-corrected chi connectivity index (χ1v) is 24.7. The minimum atomic E-state index is -4.89. The van der Waals surface area contributed by atoms with Crippen LogP contribution < -0.4 is 0 Å². The van der Waals surface area contributed by atoms with E-state index in [1.54, 1.807) is 18.2 Å². The molecule has 0 saturated heterocycles. The molecule has 1 unspecified atom stereocenters. The molecule has 0 aliphatic heterocycles. The predicted molar refractivity (Wildman–Crippen MR) is 234 cm³/mol. The van der Waals surface area contributed by atoms with Crippen molar-refractivity contribution < 1.29 is 71.5 Å². The Hall–Kier alpha value is -2.81. The Morgan fingerprint density at radius 1 is 0.721 bits per heavy atom. The van der Waals surface area contributed by atoms with E-state index in [0.717, 1.165) is 70.6 Å². The third-order valence-electron chi connectivity index (χ3n) is 9.32. The van der Waals surface area contributed by atoms with Crippen molar-refractivity contribution in [2.24, 2.45) is 11.8 Å². The number of ketones is 1. The lowest BCUT2D eigenvalue weighted by atomic mass is 9.90. The number of rotatable bonds is 37. The molecule has 0 amide bonds. The molecule has 0 heterocycles. The molecule has 0 fully saturated rings. The fourth-order valence-corrected chi connectivity index (χ4v) is 7.10. The van der Waals surface area contributed by atoms with Gasteiger partial charge >= 0.3 is 27.6 Å². The number of phosphoric ester groups is 2. The molecule has 61 heavy (non-hydrogen) atoms. The summed E-state index contributed by atoms with van der Waals surface area (Å²) in [7, 11) is -9.76. The van der Waals surface area contributed by atoms with Crippen molar-refractivity contribution in [3.8, 4) is 0 Å². The highest BCUT2D eigenvalue weighted by Gasteiger charge is 2.29. The van der Waals surface area contributed by atoms with Gasteiger partial charge in [0, 0.05) is 18.8 Å². The van der Waals surface area contributed by atoms with Crippen LogP contribution >= 0.6 is 15.6 Å². The summed E-state index contributed by atoms with van der Waals surface area (Å²) in [5.74, 6) is -1.54. The van der Waals surface area contributed by atoms with Gasteiger partial charge in [0.15, 0.2) is 11.9 Å². The average Bonchev–Trinajstić information content (AvgIpc) is 3.57. The summed E-state index contributed by atoms with van der Waals surface area (Å²) in [6, 6.07) is 0. The summed E-state index contributed by atoms with van der Waals surface area (Å²) >= 11 is 0. The standard InChI is InChI=1S/C44H72O15P2/c1-3-5-7-8-9-10-11-12-13-14-15-16-17-18-24-28-44(49)59-40(36-58-61(53,54)57-34-39(46)33-56-60(50,51)52)35-55-43(48)27-23-20-19-22-25-37-29-32-42(47)41(37)31-30-38(45)26-21-6-4-2/h5,7,9-10,12-13,19,22,29-32,37-41,45-46H,3-4,6,8,11,14-18,20-21,23-28,33-36H2,1-2H3,(H,53,54)(H2,50,51,52)/b7-5-,10-9-,13-12-,22-19-,31-30+/t37-,38-,39-,40+,41+/m0/s1. The topological polar surface area (TPSA) is 233 Å². The largest absolute Gasteiger partial charge is 0.472 e. The quantitative estimate of drug-likeness (QED) is 0.0170. The minimum absolute atomic E-state index is 0.00658. The molecule has 0 aromatic rings. The first-order chi connectivity index (χ1) is 29.2. The zero-order chi connectivity index (χ0) is 45.2. The first-order valence-electron chi connectivity index (χ1n) is 21.7. The van der Waals surface area contributed by atoms with Crippen molar-refractivity contribution in [1.82, 2.24) is 0 Å². The zero-order valence-corrected chi connectivity index (χ0v) is 37.9. The van der Waals surface area contributed by atoms with Crippen molar-refractivity contribution in [2.45, 2.75) is 148 Å². The lowest BCUT2D eigenvalue weighted by Gasteiger charge is -2.20. The normalized spacial score (nSPS) is 18.6. The van der Waals surface area contributed by atoms with Gasteiger partial charge in [-0.1, -0.05) is 119 Å². The molecule has 1 aliphatic rings. The Bertz CT molecular complexity index is 1500. The number of aliphatic hydroxyl groups excluding tert-OH is 2. The first kappa shape index (κ1) is 56.2. The third-order valence-corrected chi connectivity index (χ3v) is 10.8. The summed E-state index contributed by atoms with van der Waals surface area (Å²) in [6.45, 7) is 1.28. The molecule has 1 aliphatic carbocycles. The van der Waals surface area contributed by atoms with Crippen molar-refractivity contribution in [2.75, 3.05) is 26.4 Å². The van der Waals surface area contributed by atoms with Gasteiger partial charge < -0.3 is 34.4 Å². The van der Waals surface area contributed by atoms with E-state index >= 15 is 0 Å². The highest BCUT2D eigenvalue weighted by molar-refractivity contribution is 7.47. The Morgan fingerprint density at radius 2 is 1.34 bits per heavy atom. The van der Waals surface area contributed by atoms with Crippen molar-refractivity contribution in [1.29, 1.82) is 0 Å². The molecule has 0 aromatic heterocycles. The fourth-order valence-electron chi connectivity index (χ4n) is 5.94. The average molecular weight is 903 g/mol. The van der Waals surface area contributed by atoms with Gasteiger partial charge in [-0.2, -0.15) is 0 Å². The van der Waals surface area contributed by atoms with E-state index in [2.05, 4.69) is 59.4 Å². The molecule has 5 N–H and O–H groups in total. The number of unbranched alkanes of at least 4 members (excludes halogenated alkanes) is 8. The van der Waals surface area contributed by atoms with Crippen LogP contribution in [0, 0.1) is 11.8 Å². The Morgan fingerprint density at radius 3 is 2.07 bits per heavy atom. The predicted octanol–water partition coefficient (Wildman–Crippen LogP) is 8.62. The molecule has 0 spiro atoms. The number of allylic oxidation sites excluding steroid dienone is 11. The second-order valence-electron chi connectivity index (χ2n) is 14.9. The number of carbonyl (C=O) groups excluding carboxylic acids is 3. The third kappa shape index (κ3) is 32.5. The van der Waals surface area contributed by atoms with E-state index in [-0.39, 0.29) is 30.5 Å². The summed E-state index contributed by atoms with van der Waals surface area (Å²) in [5.41, 5.74) is 0. The van der Waals surface area contributed by atoms with Gasteiger partial charge in [0.1, 0.15) is 12.7 Å². The molecule has 17 heteroatoms. The van der Waals surface area contributed by atoms with Crippen LogP contribution in [0.4, 0.5) is 0 Å². The summed E-state index contributed by atoms with van der Waals surface area (Å²) in [4.78, 5) is 65.2. The van der Waals surface area contributed by atoms with E-state index in [0.29, 0.717) is 32.1 Å². The van der Waals surface area contributed by atoms with Gasteiger partial charge in [0.2, 0.25) is 0 Å². The van der Waals surface area contributed by atoms with E-state index in [1.165, 1.54) is 0 Å². The van der Waals surface area contributed by atoms with Crippen LogP contribution in [0.25, 0.3) is 0 Å². The van der Waals surface area contributed by atoms with Crippen LogP contribution in [0.5, 0.6) is 0 Å². The van der Waals surface area contributed by atoms with Crippen molar-refractivity contribution in [3.63, 3.8) is 0 Å². The Kier molecular flexibility index (Phi) is 31.9. The van der Waals surface area contributed by atoms with Crippen LogP contribution in [0.1, 0.15) is 129 Å². The van der Waals surface area contributed by atoms with Gasteiger partial charge in [-0.05, 0) is 76.2 Å². The maximum Gasteiger partial charge on any atom is 0.472 e. The smallest absolute Gasteiger partial charge is 0.462 e. The Labute approximate surface area is 362 Å².